The molecule has 0 aromatic heterocycles. The fourth-order valence-electron chi connectivity index (χ4n) is 1.16. The van der Waals surface area contributed by atoms with Gasteiger partial charge in [0.25, 0.3) is 0 Å². The smallest absolute Gasteiger partial charge is 0.0331 e. The summed E-state index contributed by atoms with van der Waals surface area (Å²) in [5.41, 5.74) is 0. The summed E-state index contributed by atoms with van der Waals surface area (Å²) in [6.45, 7) is 6.96. The van der Waals surface area contributed by atoms with Crippen molar-refractivity contribution in [3.63, 3.8) is 0 Å². The average Bonchev–Trinajstić information content (AvgIpc) is 2.12. The van der Waals surface area contributed by atoms with E-state index in [1.165, 1.54) is 32.0 Å². The molecule has 0 saturated carbocycles. The lowest BCUT2D eigenvalue weighted by Gasteiger charge is -2.17. The van der Waals surface area contributed by atoms with Gasteiger partial charge in [0.1, 0.15) is 0 Å². The molecular weight excluding hydrogens is 98.1 g/mol. The van der Waals surface area contributed by atoms with Crippen LogP contribution in [0.2, 0.25) is 0 Å². The normalized spacial score (nSPS) is 22.9. The zero-order chi connectivity index (χ0) is 5.98. The molecule has 0 bridgehead atoms. The molecule has 1 aliphatic heterocycles. The van der Waals surface area contributed by atoms with E-state index in [0.717, 1.165) is 0 Å². The van der Waals surface area contributed by atoms with Crippen molar-refractivity contribution in [1.29, 1.82) is 0 Å². The van der Waals surface area contributed by atoms with Gasteiger partial charge in [-0.1, -0.05) is 0 Å². The molecular formula is C7H14N. The van der Waals surface area contributed by atoms with Gasteiger partial charge in [-0.05, 0) is 39.8 Å². The van der Waals surface area contributed by atoms with Gasteiger partial charge in [-0.15, -0.1) is 0 Å². The van der Waals surface area contributed by atoms with Gasteiger partial charge in [-0.25, -0.2) is 0 Å². The van der Waals surface area contributed by atoms with Crippen molar-refractivity contribution < 1.29 is 0 Å². The second-order valence-corrected chi connectivity index (χ2v) is 2.64. The lowest BCUT2D eigenvalue weighted by atomic mass is 10.3. The van der Waals surface area contributed by atoms with Crippen LogP contribution in [0.5, 0.6) is 0 Å². The topological polar surface area (TPSA) is 3.24 Å². The van der Waals surface area contributed by atoms with Gasteiger partial charge in [0.05, 0.1) is 0 Å². The lowest BCUT2D eigenvalue weighted by molar-refractivity contribution is 0.362. The Labute approximate surface area is 51.7 Å². The average molecular weight is 112 g/mol. The molecule has 1 saturated heterocycles. The summed E-state index contributed by atoms with van der Waals surface area (Å²) in [5.74, 6) is 0. The molecule has 0 unspecified atom stereocenters. The molecule has 1 heterocycles. The Bertz CT molecular complexity index is 62.8. The SMILES string of the molecule is C[C](C)N1CCCC1. The van der Waals surface area contributed by atoms with Crippen molar-refractivity contribution in [2.24, 2.45) is 0 Å². The van der Waals surface area contributed by atoms with E-state index in [4.69, 9.17) is 0 Å². The van der Waals surface area contributed by atoms with Gasteiger partial charge in [0.2, 0.25) is 0 Å². The third kappa shape index (κ3) is 1.22. The third-order valence-corrected chi connectivity index (χ3v) is 1.74. The largest absolute Gasteiger partial charge is 0.296 e. The van der Waals surface area contributed by atoms with Crippen molar-refractivity contribution in [2.75, 3.05) is 13.1 Å². The summed E-state index contributed by atoms with van der Waals surface area (Å²) < 4.78 is 0. The predicted octanol–water partition coefficient (Wildman–Crippen LogP) is 1.65. The van der Waals surface area contributed by atoms with E-state index in [2.05, 4.69) is 18.7 Å². The molecule has 0 aromatic carbocycles. The Hall–Kier alpha value is -0.0400. The van der Waals surface area contributed by atoms with Gasteiger partial charge < -0.3 is 0 Å². The van der Waals surface area contributed by atoms with Crippen molar-refractivity contribution in [3.05, 3.63) is 6.04 Å². The fourth-order valence-corrected chi connectivity index (χ4v) is 1.16. The van der Waals surface area contributed by atoms with Gasteiger partial charge >= 0.3 is 0 Å². The van der Waals surface area contributed by atoms with E-state index in [1.54, 1.807) is 0 Å². The highest BCUT2D eigenvalue weighted by atomic mass is 15.2. The zero-order valence-electron chi connectivity index (χ0n) is 5.78. The maximum Gasteiger partial charge on any atom is 0.0331 e. The first-order valence-corrected chi connectivity index (χ1v) is 3.36. The van der Waals surface area contributed by atoms with Gasteiger partial charge in [-0.3, -0.25) is 4.90 Å². The number of rotatable bonds is 1. The summed E-state index contributed by atoms with van der Waals surface area (Å²) in [4.78, 5) is 2.44. The summed E-state index contributed by atoms with van der Waals surface area (Å²) in [5, 5.41) is 0. The Morgan fingerprint density at radius 2 is 1.62 bits per heavy atom. The molecule has 0 amide bonds. The van der Waals surface area contributed by atoms with E-state index in [9.17, 15) is 0 Å². The second kappa shape index (κ2) is 2.49. The molecule has 1 rings (SSSR count). The minimum Gasteiger partial charge on any atom is -0.296 e. The maximum atomic E-state index is 2.44. The van der Waals surface area contributed by atoms with Crippen LogP contribution in [0.15, 0.2) is 0 Å². The van der Waals surface area contributed by atoms with Crippen LogP contribution in [0.25, 0.3) is 0 Å². The highest BCUT2D eigenvalue weighted by Crippen LogP contribution is 2.14. The molecule has 0 aromatic rings. The van der Waals surface area contributed by atoms with E-state index < -0.39 is 0 Å². The molecule has 1 heteroatoms. The number of hydrogen-bond acceptors (Lipinski definition) is 1. The van der Waals surface area contributed by atoms with Crippen LogP contribution in [0, 0.1) is 6.04 Å². The molecule has 1 radical (unpaired) electrons. The van der Waals surface area contributed by atoms with E-state index in [-0.39, 0.29) is 0 Å². The fraction of sp³-hybridized carbons (Fsp3) is 0.857. The van der Waals surface area contributed by atoms with Crippen LogP contribution < -0.4 is 0 Å². The number of nitrogens with zero attached hydrogens (tertiary/aromatic N) is 1. The molecule has 1 aliphatic rings. The zero-order valence-corrected chi connectivity index (χ0v) is 5.78. The molecule has 0 spiro atoms. The molecule has 47 valence electrons. The Kier molecular flexibility index (Phi) is 1.90. The Morgan fingerprint density at radius 3 is 1.88 bits per heavy atom. The monoisotopic (exact) mass is 112 g/mol. The first-order valence-electron chi connectivity index (χ1n) is 3.36. The predicted molar refractivity (Wildman–Crippen MR) is 35.4 cm³/mol. The molecule has 1 fully saturated rings. The first kappa shape index (κ1) is 6.09. The van der Waals surface area contributed by atoms with E-state index in [1.807, 2.05) is 0 Å². The second-order valence-electron chi connectivity index (χ2n) is 2.64. The maximum absolute atomic E-state index is 2.44. The van der Waals surface area contributed by atoms with Crippen LogP contribution >= 0.6 is 0 Å². The van der Waals surface area contributed by atoms with Crippen LogP contribution in [0.1, 0.15) is 26.7 Å². The summed E-state index contributed by atoms with van der Waals surface area (Å²) in [6, 6.07) is 1.47. The minimum absolute atomic E-state index is 1.29. The van der Waals surface area contributed by atoms with Crippen molar-refractivity contribution in [3.8, 4) is 0 Å². The van der Waals surface area contributed by atoms with Crippen molar-refractivity contribution >= 4 is 0 Å². The van der Waals surface area contributed by atoms with Gasteiger partial charge in [0.15, 0.2) is 0 Å². The highest BCUT2D eigenvalue weighted by molar-refractivity contribution is 4.82. The summed E-state index contributed by atoms with van der Waals surface area (Å²) in [6.07, 6.45) is 2.79. The van der Waals surface area contributed by atoms with Crippen molar-refractivity contribution in [1.82, 2.24) is 4.90 Å². The molecule has 8 heavy (non-hydrogen) atoms. The van der Waals surface area contributed by atoms with E-state index in [0.29, 0.717) is 0 Å². The number of likely N-dealkylation sites (tertiary alicyclic amines) is 1. The lowest BCUT2D eigenvalue weighted by Crippen LogP contribution is -2.20. The summed E-state index contributed by atoms with van der Waals surface area (Å²) in [7, 11) is 0. The third-order valence-electron chi connectivity index (χ3n) is 1.74. The van der Waals surface area contributed by atoms with E-state index >= 15 is 0 Å². The molecule has 1 nitrogen and oxygen atoms in total. The minimum atomic E-state index is 1.29. The molecule has 0 atom stereocenters. The van der Waals surface area contributed by atoms with Crippen LogP contribution in [-0.4, -0.2) is 18.0 Å². The highest BCUT2D eigenvalue weighted by Gasteiger charge is 2.13. The van der Waals surface area contributed by atoms with Crippen LogP contribution in [0.3, 0.4) is 0 Å². The van der Waals surface area contributed by atoms with Gasteiger partial charge in [-0.2, -0.15) is 0 Å². The molecule has 0 N–H and O–H groups in total. The van der Waals surface area contributed by atoms with Gasteiger partial charge in [0, 0.05) is 6.04 Å². The van der Waals surface area contributed by atoms with Crippen molar-refractivity contribution in [2.45, 2.75) is 26.7 Å². The Morgan fingerprint density at radius 1 is 1.12 bits per heavy atom. The molecule has 0 aliphatic carbocycles. The Balaban J connectivity index is 2.24. The summed E-state index contributed by atoms with van der Waals surface area (Å²) >= 11 is 0. The van der Waals surface area contributed by atoms with Crippen LogP contribution in [-0.2, 0) is 0 Å². The quantitative estimate of drug-likeness (QED) is 0.498. The first-order chi connectivity index (χ1) is 3.80. The number of hydrogen-bond donors (Lipinski definition) is 0. The standard InChI is InChI=1S/C7H14N/c1-7(2)8-5-3-4-6-8/h3-6H2,1-2H3. The van der Waals surface area contributed by atoms with Crippen LogP contribution in [0.4, 0.5) is 0 Å².